The lowest BCUT2D eigenvalue weighted by Crippen LogP contribution is -2.45. The molecule has 0 radical (unpaired) electrons. The molecule has 0 aromatic rings. The van der Waals surface area contributed by atoms with Crippen LogP contribution in [-0.4, -0.2) is 47.4 Å². The van der Waals surface area contributed by atoms with E-state index in [1.165, 1.54) is 360 Å². The van der Waals surface area contributed by atoms with Gasteiger partial charge in [-0.3, -0.25) is 9.59 Å². The number of nitrogens with one attached hydrogen (secondary N) is 1. The summed E-state index contributed by atoms with van der Waals surface area (Å²) in [6.07, 6.45) is 92.7. The minimum absolute atomic E-state index is 0.0189. The van der Waals surface area contributed by atoms with Crippen LogP contribution in [0.25, 0.3) is 0 Å². The maximum atomic E-state index is 12.5. The average Bonchev–Trinajstić information content (AvgIpc) is 3.49. The minimum Gasteiger partial charge on any atom is -0.466 e. The van der Waals surface area contributed by atoms with Gasteiger partial charge in [-0.15, -0.1) is 0 Å². The summed E-state index contributed by atoms with van der Waals surface area (Å²) < 4.78 is 5.51. The fourth-order valence-electron chi connectivity index (χ4n) is 12.2. The van der Waals surface area contributed by atoms with Crippen LogP contribution in [0.2, 0.25) is 0 Å². The minimum atomic E-state index is -0.660. The second-order valence-corrected chi connectivity index (χ2v) is 26.3. The quantitative estimate of drug-likeness (QED) is 0.0320. The third-order valence-electron chi connectivity index (χ3n) is 18.0. The van der Waals surface area contributed by atoms with Gasteiger partial charge < -0.3 is 20.3 Å². The monoisotopic (exact) mass is 1170 g/mol. The Balaban J connectivity index is 3.30. The lowest BCUT2D eigenvalue weighted by molar-refractivity contribution is -0.143. The molecule has 0 saturated carbocycles. The molecule has 0 spiro atoms. The molecule has 0 aromatic heterocycles. The highest BCUT2D eigenvalue weighted by atomic mass is 16.5. The summed E-state index contributed by atoms with van der Waals surface area (Å²) in [5, 5.41) is 23.3. The van der Waals surface area contributed by atoms with Gasteiger partial charge in [-0.1, -0.05) is 366 Å². The van der Waals surface area contributed by atoms with Crippen LogP contribution >= 0.6 is 0 Å². The summed E-state index contributed by atoms with van der Waals surface area (Å²) in [7, 11) is 0. The van der Waals surface area contributed by atoms with Crippen molar-refractivity contribution in [1.29, 1.82) is 0 Å². The molecule has 0 rings (SSSR count). The predicted octanol–water partition coefficient (Wildman–Crippen LogP) is 24.9. The molecular formula is C77H149NO5. The molecule has 1 amide bonds. The Morgan fingerprint density at radius 2 is 0.566 bits per heavy atom. The fourth-order valence-corrected chi connectivity index (χ4v) is 12.2. The van der Waals surface area contributed by atoms with Crippen molar-refractivity contribution in [3.8, 4) is 0 Å². The molecule has 0 aromatic carbocycles. The molecule has 83 heavy (non-hydrogen) atoms. The normalized spacial score (nSPS) is 12.6. The number of rotatable bonds is 72. The molecule has 0 aliphatic carbocycles. The summed E-state index contributed by atoms with van der Waals surface area (Å²) in [4.78, 5) is 24.6. The second-order valence-electron chi connectivity index (χ2n) is 26.3. The number of hydrogen-bond acceptors (Lipinski definition) is 5. The van der Waals surface area contributed by atoms with E-state index in [2.05, 4.69) is 43.5 Å². The molecule has 6 heteroatoms. The molecule has 0 aliphatic rings. The number of unbranched alkanes of at least 4 members (excludes halogenated alkanes) is 57. The highest BCUT2D eigenvalue weighted by Crippen LogP contribution is 2.19. The number of amides is 1. The Bertz CT molecular complexity index is 1300. The summed E-state index contributed by atoms with van der Waals surface area (Å²) in [5.74, 6) is -0.0102. The fraction of sp³-hybridized carbons (Fsp3) is 0.922. The predicted molar refractivity (Wildman–Crippen MR) is 366 cm³/mol. The van der Waals surface area contributed by atoms with Gasteiger partial charge >= 0.3 is 5.97 Å². The van der Waals surface area contributed by atoms with Gasteiger partial charge in [0.05, 0.1) is 25.4 Å². The smallest absolute Gasteiger partial charge is 0.305 e. The van der Waals surface area contributed by atoms with Crippen molar-refractivity contribution in [2.24, 2.45) is 0 Å². The average molecular weight is 1170 g/mol. The number of carbonyl (C=O) groups excluding carboxylic acids is 2. The second kappa shape index (κ2) is 72.8. The van der Waals surface area contributed by atoms with Crippen molar-refractivity contribution >= 4 is 11.9 Å². The van der Waals surface area contributed by atoms with Crippen molar-refractivity contribution in [1.82, 2.24) is 5.32 Å². The highest BCUT2D eigenvalue weighted by Gasteiger charge is 2.20. The van der Waals surface area contributed by atoms with Crippen molar-refractivity contribution in [3.05, 3.63) is 24.3 Å². The van der Waals surface area contributed by atoms with Gasteiger partial charge in [-0.25, -0.2) is 0 Å². The van der Waals surface area contributed by atoms with E-state index in [-0.39, 0.29) is 18.5 Å². The molecule has 0 fully saturated rings. The molecule has 6 nitrogen and oxygen atoms in total. The Hall–Kier alpha value is -1.66. The van der Waals surface area contributed by atoms with Crippen LogP contribution in [-0.2, 0) is 14.3 Å². The Morgan fingerprint density at radius 1 is 0.325 bits per heavy atom. The number of aliphatic hydroxyl groups is 2. The Morgan fingerprint density at radius 3 is 0.855 bits per heavy atom. The number of hydrogen-bond donors (Lipinski definition) is 3. The molecule has 0 bridgehead atoms. The van der Waals surface area contributed by atoms with E-state index in [0.717, 1.165) is 38.5 Å². The first-order chi connectivity index (χ1) is 41.0. The number of ether oxygens (including phenoxy) is 1. The lowest BCUT2D eigenvalue weighted by Gasteiger charge is -2.22. The van der Waals surface area contributed by atoms with E-state index in [9.17, 15) is 19.8 Å². The number of esters is 1. The highest BCUT2D eigenvalue weighted by molar-refractivity contribution is 5.76. The zero-order chi connectivity index (χ0) is 59.9. The van der Waals surface area contributed by atoms with E-state index in [0.29, 0.717) is 25.9 Å². The third-order valence-corrected chi connectivity index (χ3v) is 18.0. The van der Waals surface area contributed by atoms with Crippen LogP contribution in [0, 0.1) is 0 Å². The molecular weight excluding hydrogens is 1020 g/mol. The van der Waals surface area contributed by atoms with E-state index in [1.54, 1.807) is 0 Å². The molecule has 492 valence electrons. The zero-order valence-corrected chi connectivity index (χ0v) is 56.5. The van der Waals surface area contributed by atoms with Gasteiger partial charge in [0.25, 0.3) is 0 Å². The van der Waals surface area contributed by atoms with Gasteiger partial charge in [0, 0.05) is 12.8 Å². The van der Waals surface area contributed by atoms with Crippen LogP contribution < -0.4 is 5.32 Å². The molecule has 0 heterocycles. The van der Waals surface area contributed by atoms with Gasteiger partial charge in [-0.05, 0) is 77.0 Å². The number of carbonyl (C=O) groups is 2. The molecule has 2 atom stereocenters. The summed E-state index contributed by atoms with van der Waals surface area (Å²) >= 11 is 0. The Kier molecular flexibility index (Phi) is 71.4. The van der Waals surface area contributed by atoms with Gasteiger partial charge in [-0.2, -0.15) is 0 Å². The lowest BCUT2D eigenvalue weighted by atomic mass is 10.0. The topological polar surface area (TPSA) is 95.9 Å². The van der Waals surface area contributed by atoms with Crippen molar-refractivity contribution < 1.29 is 24.5 Å². The first-order valence-corrected chi connectivity index (χ1v) is 38.1. The maximum Gasteiger partial charge on any atom is 0.305 e. The molecule has 0 aliphatic heterocycles. The summed E-state index contributed by atoms with van der Waals surface area (Å²) in [6.45, 7) is 4.98. The van der Waals surface area contributed by atoms with Crippen LogP contribution in [0.1, 0.15) is 431 Å². The van der Waals surface area contributed by atoms with Gasteiger partial charge in [0.2, 0.25) is 5.91 Å². The van der Waals surface area contributed by atoms with E-state index < -0.39 is 12.1 Å². The first-order valence-electron chi connectivity index (χ1n) is 38.1. The Labute approximate surface area is 520 Å². The van der Waals surface area contributed by atoms with E-state index in [1.807, 2.05) is 0 Å². The van der Waals surface area contributed by atoms with Crippen molar-refractivity contribution in [2.75, 3.05) is 13.2 Å². The molecule has 0 saturated heterocycles. The van der Waals surface area contributed by atoms with Crippen molar-refractivity contribution in [2.45, 2.75) is 443 Å². The third kappa shape index (κ3) is 69.3. The van der Waals surface area contributed by atoms with E-state index in [4.69, 9.17) is 4.74 Å². The van der Waals surface area contributed by atoms with Gasteiger partial charge in [0.1, 0.15) is 0 Å². The standard InChI is InChI=1S/C77H149NO5/c1-3-5-7-9-11-13-15-17-18-40-44-47-51-55-59-63-67-71-77(82)83-72-68-64-60-56-52-48-45-42-39-37-35-33-31-29-27-25-23-21-19-20-22-24-26-28-30-32-34-36-38-41-43-46-50-54-58-62-66-70-76(81)78-74(73-79)75(80)69-65-61-57-53-49-16-14-12-10-8-6-4-2/h17-19,21,74-75,79-80H,3-16,20,22-73H2,1-2H3,(H,78,81)/b18-17-,21-19-. The summed E-state index contributed by atoms with van der Waals surface area (Å²) in [6, 6.07) is -0.537. The maximum absolute atomic E-state index is 12.5. The SMILES string of the molecule is CCCCCCCC/C=C\CCCCCCCCCC(=O)OCCCCCCCCCCCCCCCCCC/C=C\CCCCCCCCCCCCCCCCCCCC(=O)NC(CO)C(O)CCCCCCCCCCCCCC. The number of aliphatic hydroxyl groups excluding tert-OH is 2. The van der Waals surface area contributed by atoms with Crippen LogP contribution in [0.5, 0.6) is 0 Å². The van der Waals surface area contributed by atoms with Crippen LogP contribution in [0.15, 0.2) is 24.3 Å². The molecule has 3 N–H and O–H groups in total. The largest absolute Gasteiger partial charge is 0.466 e. The van der Waals surface area contributed by atoms with Gasteiger partial charge in [0.15, 0.2) is 0 Å². The van der Waals surface area contributed by atoms with E-state index >= 15 is 0 Å². The van der Waals surface area contributed by atoms with Crippen LogP contribution in [0.3, 0.4) is 0 Å². The zero-order valence-electron chi connectivity index (χ0n) is 56.5. The molecule has 2 unspecified atom stereocenters. The number of allylic oxidation sites excluding steroid dienone is 4. The summed E-state index contributed by atoms with van der Waals surface area (Å²) in [5.41, 5.74) is 0. The van der Waals surface area contributed by atoms with Crippen LogP contribution in [0.4, 0.5) is 0 Å². The first kappa shape index (κ1) is 81.3. The van der Waals surface area contributed by atoms with Crippen molar-refractivity contribution in [3.63, 3.8) is 0 Å².